The number of aromatic amines is 1. The van der Waals surface area contributed by atoms with Gasteiger partial charge in [-0.1, -0.05) is 6.07 Å². The Labute approximate surface area is 109 Å². The minimum absolute atomic E-state index is 0.650. The number of benzene rings is 1. The predicted octanol–water partition coefficient (Wildman–Crippen LogP) is 2.19. The molecule has 19 heavy (non-hydrogen) atoms. The topological polar surface area (TPSA) is 68.6 Å². The average molecular weight is 249 g/mol. The molecule has 0 saturated carbocycles. The third-order valence-electron chi connectivity index (χ3n) is 3.65. The molecule has 1 fully saturated rings. The first-order valence-electron chi connectivity index (χ1n) is 6.28. The summed E-state index contributed by atoms with van der Waals surface area (Å²) in [6, 6.07) is 7.82. The summed E-state index contributed by atoms with van der Waals surface area (Å²) in [4.78, 5) is 14.2. The zero-order valence-electron chi connectivity index (χ0n) is 10.2. The van der Waals surface area contributed by atoms with Crippen LogP contribution in [-0.2, 0) is 0 Å². The Morgan fingerprint density at radius 2 is 2.16 bits per heavy atom. The van der Waals surface area contributed by atoms with Crippen LogP contribution in [0.4, 0.5) is 5.82 Å². The molecular formula is C14H11N5. The van der Waals surface area contributed by atoms with E-state index in [1.54, 1.807) is 6.33 Å². The highest BCUT2D eigenvalue weighted by atomic mass is 15.2. The summed E-state index contributed by atoms with van der Waals surface area (Å²) in [7, 11) is 0. The fourth-order valence-electron chi connectivity index (χ4n) is 2.55. The molecule has 1 aliphatic rings. The van der Waals surface area contributed by atoms with Crippen LogP contribution < -0.4 is 4.90 Å². The Balaban J connectivity index is 2.07. The van der Waals surface area contributed by atoms with Crippen molar-refractivity contribution in [2.24, 2.45) is 0 Å². The number of hydrogen-bond donors (Lipinski definition) is 1. The van der Waals surface area contributed by atoms with Gasteiger partial charge < -0.3 is 9.88 Å². The fraction of sp³-hybridized carbons (Fsp3) is 0.214. The molecule has 3 heterocycles. The minimum atomic E-state index is 0.650. The van der Waals surface area contributed by atoms with Crippen molar-refractivity contribution < 1.29 is 0 Å². The lowest BCUT2D eigenvalue weighted by atomic mass is 10.1. The second kappa shape index (κ2) is 3.69. The van der Waals surface area contributed by atoms with Gasteiger partial charge in [0.15, 0.2) is 0 Å². The summed E-state index contributed by atoms with van der Waals surface area (Å²) < 4.78 is 0. The van der Waals surface area contributed by atoms with Gasteiger partial charge in [0.05, 0.1) is 17.0 Å². The Bertz CT molecular complexity index is 823. The van der Waals surface area contributed by atoms with Crippen molar-refractivity contribution in [2.45, 2.75) is 6.42 Å². The smallest absolute Gasteiger partial charge is 0.143 e. The van der Waals surface area contributed by atoms with E-state index < -0.39 is 0 Å². The second-order valence-corrected chi connectivity index (χ2v) is 4.76. The zero-order valence-corrected chi connectivity index (χ0v) is 10.2. The van der Waals surface area contributed by atoms with Gasteiger partial charge in [-0.25, -0.2) is 9.97 Å². The molecule has 5 heteroatoms. The number of rotatable bonds is 1. The highest BCUT2D eigenvalue weighted by Gasteiger charge is 2.20. The van der Waals surface area contributed by atoms with Crippen molar-refractivity contribution in [3.05, 3.63) is 30.1 Å². The monoisotopic (exact) mass is 249 g/mol. The molecule has 0 atom stereocenters. The summed E-state index contributed by atoms with van der Waals surface area (Å²) in [5, 5.41) is 11.1. The number of nitriles is 1. The molecule has 1 aromatic carbocycles. The van der Waals surface area contributed by atoms with Crippen LogP contribution in [0.5, 0.6) is 0 Å². The average Bonchev–Trinajstić information content (AvgIpc) is 2.74. The van der Waals surface area contributed by atoms with Gasteiger partial charge in [-0.05, 0) is 18.6 Å². The third-order valence-corrected chi connectivity index (χ3v) is 3.65. The van der Waals surface area contributed by atoms with Crippen LogP contribution in [0, 0.1) is 11.3 Å². The van der Waals surface area contributed by atoms with Crippen molar-refractivity contribution in [3.63, 3.8) is 0 Å². The van der Waals surface area contributed by atoms with E-state index in [4.69, 9.17) is 5.26 Å². The Kier molecular flexibility index (Phi) is 2.00. The van der Waals surface area contributed by atoms with Gasteiger partial charge in [-0.15, -0.1) is 0 Å². The number of nitrogens with zero attached hydrogens (tertiary/aromatic N) is 4. The first-order valence-corrected chi connectivity index (χ1v) is 6.28. The van der Waals surface area contributed by atoms with Crippen LogP contribution in [0.2, 0.25) is 0 Å². The first kappa shape index (κ1) is 10.3. The molecule has 3 aromatic rings. The van der Waals surface area contributed by atoms with Crippen molar-refractivity contribution in [2.75, 3.05) is 18.0 Å². The van der Waals surface area contributed by atoms with Crippen molar-refractivity contribution in [1.29, 1.82) is 5.26 Å². The van der Waals surface area contributed by atoms with E-state index in [1.165, 1.54) is 6.42 Å². The maximum absolute atomic E-state index is 8.96. The van der Waals surface area contributed by atoms with Gasteiger partial charge in [0.2, 0.25) is 0 Å². The standard InChI is InChI=1S/C14H11N5/c15-7-9-2-3-10-11(6-9)18-13-12(10)14(17-8-16-13)19-4-1-5-19/h2-3,6,8H,1,4-5H2,(H,16,17,18). The van der Waals surface area contributed by atoms with Crippen molar-refractivity contribution in [1.82, 2.24) is 15.0 Å². The zero-order chi connectivity index (χ0) is 12.8. The van der Waals surface area contributed by atoms with Gasteiger partial charge in [0, 0.05) is 24.0 Å². The number of fused-ring (bicyclic) bond motifs is 3. The summed E-state index contributed by atoms with van der Waals surface area (Å²) >= 11 is 0. The van der Waals surface area contributed by atoms with E-state index in [1.807, 2.05) is 18.2 Å². The highest BCUT2D eigenvalue weighted by Crippen LogP contribution is 2.33. The van der Waals surface area contributed by atoms with E-state index in [2.05, 4.69) is 25.9 Å². The lowest BCUT2D eigenvalue weighted by Crippen LogP contribution is -2.37. The first-order chi connectivity index (χ1) is 9.36. The van der Waals surface area contributed by atoms with Gasteiger partial charge in [0.1, 0.15) is 17.8 Å². The molecule has 5 nitrogen and oxygen atoms in total. The molecular weight excluding hydrogens is 238 g/mol. The van der Waals surface area contributed by atoms with Crippen LogP contribution in [0.3, 0.4) is 0 Å². The Hall–Kier alpha value is -2.61. The molecule has 1 saturated heterocycles. The largest absolute Gasteiger partial charge is 0.356 e. The SMILES string of the molecule is N#Cc1ccc2c(c1)[nH]c1ncnc(N3CCC3)c12. The van der Waals surface area contributed by atoms with Crippen molar-refractivity contribution >= 4 is 27.8 Å². The number of aromatic nitrogens is 3. The normalized spacial score (nSPS) is 14.6. The van der Waals surface area contributed by atoms with Crippen molar-refractivity contribution in [3.8, 4) is 6.07 Å². The fourth-order valence-corrected chi connectivity index (χ4v) is 2.55. The second-order valence-electron chi connectivity index (χ2n) is 4.76. The summed E-state index contributed by atoms with van der Waals surface area (Å²) in [6.07, 6.45) is 2.81. The number of hydrogen-bond acceptors (Lipinski definition) is 4. The van der Waals surface area contributed by atoms with Gasteiger partial charge in [-0.3, -0.25) is 0 Å². The molecule has 92 valence electrons. The van der Waals surface area contributed by atoms with E-state index in [0.717, 1.165) is 40.8 Å². The Morgan fingerprint density at radius 3 is 2.89 bits per heavy atom. The molecule has 1 aliphatic heterocycles. The maximum Gasteiger partial charge on any atom is 0.143 e. The van der Waals surface area contributed by atoms with Crippen LogP contribution in [-0.4, -0.2) is 28.0 Å². The minimum Gasteiger partial charge on any atom is -0.356 e. The van der Waals surface area contributed by atoms with E-state index in [0.29, 0.717) is 5.56 Å². The van der Waals surface area contributed by atoms with Crippen LogP contribution >= 0.6 is 0 Å². The lowest BCUT2D eigenvalue weighted by Gasteiger charge is -2.32. The summed E-state index contributed by atoms with van der Waals surface area (Å²) in [6.45, 7) is 2.10. The Morgan fingerprint density at radius 1 is 1.26 bits per heavy atom. The van der Waals surface area contributed by atoms with Crippen LogP contribution in [0.1, 0.15) is 12.0 Å². The van der Waals surface area contributed by atoms with E-state index in [-0.39, 0.29) is 0 Å². The predicted molar refractivity (Wildman–Crippen MR) is 72.9 cm³/mol. The van der Waals surface area contributed by atoms with Gasteiger partial charge in [-0.2, -0.15) is 5.26 Å². The van der Waals surface area contributed by atoms with E-state index in [9.17, 15) is 0 Å². The molecule has 0 amide bonds. The summed E-state index contributed by atoms with van der Waals surface area (Å²) in [5.41, 5.74) is 2.43. The third kappa shape index (κ3) is 1.40. The molecule has 2 aromatic heterocycles. The lowest BCUT2D eigenvalue weighted by molar-refractivity contribution is 0.612. The number of anilines is 1. The number of H-pyrrole nitrogens is 1. The van der Waals surface area contributed by atoms with Crippen LogP contribution in [0.15, 0.2) is 24.5 Å². The van der Waals surface area contributed by atoms with Gasteiger partial charge in [0.25, 0.3) is 0 Å². The molecule has 0 aliphatic carbocycles. The van der Waals surface area contributed by atoms with E-state index >= 15 is 0 Å². The maximum atomic E-state index is 8.96. The molecule has 4 rings (SSSR count). The van der Waals surface area contributed by atoms with Gasteiger partial charge >= 0.3 is 0 Å². The molecule has 0 bridgehead atoms. The van der Waals surface area contributed by atoms with Crippen LogP contribution in [0.25, 0.3) is 21.9 Å². The molecule has 0 radical (unpaired) electrons. The quantitative estimate of drug-likeness (QED) is 0.717. The highest BCUT2D eigenvalue weighted by molar-refractivity contribution is 6.11. The molecule has 0 unspecified atom stereocenters. The molecule has 0 spiro atoms. The molecule has 1 N–H and O–H groups in total. The number of nitrogens with one attached hydrogen (secondary N) is 1. The summed E-state index contributed by atoms with van der Waals surface area (Å²) in [5.74, 6) is 0.993.